The quantitative estimate of drug-likeness (QED) is 0.228. The van der Waals surface area contributed by atoms with Crippen LogP contribution in [0.2, 0.25) is 0 Å². The predicted octanol–water partition coefficient (Wildman–Crippen LogP) is 6.74. The molecule has 0 bridgehead atoms. The van der Waals surface area contributed by atoms with Crippen LogP contribution in [-0.4, -0.2) is 11.4 Å². The van der Waals surface area contributed by atoms with Crippen molar-refractivity contribution in [1.82, 2.24) is 0 Å². The van der Waals surface area contributed by atoms with Gasteiger partial charge in [0.2, 0.25) is 12.4 Å². The maximum Gasteiger partial charge on any atom is 0.222 e. The molecule has 0 atom stereocenters. The second-order valence-electron chi connectivity index (χ2n) is 6.58. The Balaban J connectivity index is 0.000000626. The number of nitrogens with zero attached hydrogens (tertiary/aromatic N) is 2. The van der Waals surface area contributed by atoms with Crippen LogP contribution in [0.4, 0.5) is 5.69 Å². The Morgan fingerprint density at radius 2 is 1.55 bits per heavy atom. The van der Waals surface area contributed by atoms with Crippen LogP contribution in [0.3, 0.4) is 0 Å². The van der Waals surface area contributed by atoms with Crippen molar-refractivity contribution in [3.8, 4) is 11.1 Å². The molecule has 0 amide bonds. The van der Waals surface area contributed by atoms with E-state index in [1.807, 2.05) is 43.5 Å². The highest BCUT2D eigenvalue weighted by Crippen LogP contribution is 2.26. The zero-order valence-corrected chi connectivity index (χ0v) is 18.0. The van der Waals surface area contributed by atoms with Crippen LogP contribution in [0, 0.1) is 6.92 Å². The van der Waals surface area contributed by atoms with Gasteiger partial charge in [-0.15, -0.1) is 6.58 Å². The van der Waals surface area contributed by atoms with Gasteiger partial charge in [-0.05, 0) is 42.2 Å². The first kappa shape index (κ1) is 23.8. The summed E-state index contributed by atoms with van der Waals surface area (Å²) in [7, 11) is 0. The summed E-state index contributed by atoms with van der Waals surface area (Å²) in [4.78, 5) is 4.63. The summed E-state index contributed by atoms with van der Waals surface area (Å²) < 4.78 is 1.04. The molecule has 0 fully saturated rings. The van der Waals surface area contributed by atoms with Crippen LogP contribution in [0.15, 0.2) is 90.7 Å². The van der Waals surface area contributed by atoms with Gasteiger partial charge >= 0.3 is 0 Å². The molecule has 3 rings (SSSR count). The molecule has 0 saturated carbocycles. The van der Waals surface area contributed by atoms with Gasteiger partial charge in [-0.2, -0.15) is 0 Å². The van der Waals surface area contributed by atoms with Crippen LogP contribution < -0.4 is 4.73 Å². The summed E-state index contributed by atoms with van der Waals surface area (Å²) in [6, 6.07) is 20.3. The Labute approximate surface area is 175 Å². The average Bonchev–Trinajstić information content (AvgIpc) is 2.72. The van der Waals surface area contributed by atoms with E-state index in [2.05, 4.69) is 62.7 Å². The Bertz CT molecular complexity index is 869. The fraction of sp³-hybridized carbons (Fsp3) is 0.231. The second kappa shape index (κ2) is 13.9. The first-order valence-corrected chi connectivity index (χ1v) is 10.0. The maximum atomic E-state index is 9.32. The SMILES string of the molecule is C=CC.CCC.Cc1ccc(-c2cc[n+](O)cc2)cc1N=CCc1ccccc1. The van der Waals surface area contributed by atoms with Crippen molar-refractivity contribution in [2.24, 2.45) is 4.99 Å². The molecule has 0 aliphatic heterocycles. The molecule has 0 unspecified atom stereocenters. The summed E-state index contributed by atoms with van der Waals surface area (Å²) in [5, 5.41) is 9.32. The lowest BCUT2D eigenvalue weighted by molar-refractivity contribution is -0.904. The molecular weight excluding hydrogens is 356 g/mol. The number of allylic oxidation sites excluding steroid dienone is 1. The third kappa shape index (κ3) is 9.02. The number of hydrogen-bond donors (Lipinski definition) is 1. The van der Waals surface area contributed by atoms with Crippen molar-refractivity contribution in [1.29, 1.82) is 0 Å². The van der Waals surface area contributed by atoms with Gasteiger partial charge in [-0.25, -0.2) is 0 Å². The minimum atomic E-state index is 0.820. The van der Waals surface area contributed by atoms with Crippen LogP contribution >= 0.6 is 0 Å². The van der Waals surface area contributed by atoms with Gasteiger partial charge in [-0.1, -0.05) is 68.8 Å². The van der Waals surface area contributed by atoms with E-state index >= 15 is 0 Å². The monoisotopic (exact) mass is 389 g/mol. The van der Waals surface area contributed by atoms with Crippen molar-refractivity contribution >= 4 is 11.9 Å². The lowest BCUT2D eigenvalue weighted by Crippen LogP contribution is -2.27. The lowest BCUT2D eigenvalue weighted by Gasteiger charge is -2.05. The number of aliphatic imine (C=N–C) groups is 1. The molecule has 0 aliphatic carbocycles. The molecule has 1 aromatic heterocycles. The molecule has 29 heavy (non-hydrogen) atoms. The van der Waals surface area contributed by atoms with Crippen LogP contribution in [0.5, 0.6) is 0 Å². The Morgan fingerprint density at radius 1 is 0.966 bits per heavy atom. The molecule has 0 aliphatic rings. The molecule has 3 nitrogen and oxygen atoms in total. The molecular formula is C26H33N2O+. The Hall–Kier alpha value is -3.20. The van der Waals surface area contributed by atoms with E-state index in [0.29, 0.717) is 0 Å². The highest BCUT2D eigenvalue weighted by atomic mass is 16.5. The van der Waals surface area contributed by atoms with Crippen molar-refractivity contribution < 1.29 is 9.94 Å². The molecule has 2 aromatic carbocycles. The van der Waals surface area contributed by atoms with Crippen molar-refractivity contribution in [2.75, 3.05) is 0 Å². The van der Waals surface area contributed by atoms with Gasteiger partial charge in [0.25, 0.3) is 0 Å². The van der Waals surface area contributed by atoms with Gasteiger partial charge in [0, 0.05) is 29.5 Å². The molecule has 1 heterocycles. The maximum absolute atomic E-state index is 9.32. The molecule has 3 heteroatoms. The third-order valence-electron chi connectivity index (χ3n) is 3.76. The topological polar surface area (TPSA) is 36.5 Å². The molecule has 3 aromatic rings. The molecule has 152 valence electrons. The molecule has 1 N–H and O–H groups in total. The van der Waals surface area contributed by atoms with Crippen LogP contribution in [-0.2, 0) is 6.42 Å². The van der Waals surface area contributed by atoms with Gasteiger partial charge in [0.15, 0.2) is 0 Å². The summed E-state index contributed by atoms with van der Waals surface area (Å²) in [5.74, 6) is 0. The van der Waals surface area contributed by atoms with Crippen molar-refractivity contribution in [2.45, 2.75) is 40.5 Å². The van der Waals surface area contributed by atoms with Crippen molar-refractivity contribution in [3.05, 3.63) is 96.8 Å². The number of rotatable bonds is 4. The number of hydrogen-bond acceptors (Lipinski definition) is 2. The smallest absolute Gasteiger partial charge is 0.222 e. The highest BCUT2D eigenvalue weighted by Gasteiger charge is 2.04. The highest BCUT2D eigenvalue weighted by molar-refractivity contribution is 5.72. The lowest BCUT2D eigenvalue weighted by atomic mass is 10.0. The van der Waals surface area contributed by atoms with Crippen LogP contribution in [0.25, 0.3) is 11.1 Å². The van der Waals surface area contributed by atoms with E-state index in [9.17, 15) is 5.21 Å². The fourth-order valence-corrected chi connectivity index (χ4v) is 2.40. The van der Waals surface area contributed by atoms with Crippen molar-refractivity contribution in [3.63, 3.8) is 0 Å². The molecule has 0 saturated heterocycles. The normalized spacial score (nSPS) is 9.79. The third-order valence-corrected chi connectivity index (χ3v) is 3.76. The van der Waals surface area contributed by atoms with Crippen LogP contribution in [0.1, 0.15) is 38.3 Å². The standard InChI is InChI=1S/C20H19N2O.C3H8.C3H6/c1-16-7-8-19(18-10-13-22(23)14-11-18)15-20(16)21-12-9-17-5-3-2-4-6-17;2*1-3-2/h2-8,10-15,23H,9H2,1H3;3H2,1-2H3;3H,1H2,2H3/q+1;;. The van der Waals surface area contributed by atoms with E-state index in [0.717, 1.165) is 33.5 Å². The number of benzene rings is 2. The van der Waals surface area contributed by atoms with Gasteiger partial charge in [0.05, 0.1) is 5.69 Å². The molecule has 0 radical (unpaired) electrons. The fourth-order valence-electron chi connectivity index (χ4n) is 2.40. The summed E-state index contributed by atoms with van der Waals surface area (Å²) in [5.41, 5.74) is 5.50. The number of aryl methyl sites for hydroxylation is 1. The number of aromatic nitrogens is 1. The summed E-state index contributed by atoms with van der Waals surface area (Å²) in [6.45, 7) is 11.6. The Kier molecular flexibility index (Phi) is 11.4. The molecule has 0 spiro atoms. The largest absolute Gasteiger partial charge is 0.285 e. The Morgan fingerprint density at radius 3 is 2.14 bits per heavy atom. The first-order chi connectivity index (χ1) is 14.0. The van der Waals surface area contributed by atoms with E-state index in [1.165, 1.54) is 12.0 Å². The first-order valence-electron chi connectivity index (χ1n) is 10.0. The van der Waals surface area contributed by atoms with E-state index in [-0.39, 0.29) is 0 Å². The predicted molar refractivity (Wildman–Crippen MR) is 124 cm³/mol. The van der Waals surface area contributed by atoms with Gasteiger partial charge in [-0.3, -0.25) is 10.2 Å². The minimum absolute atomic E-state index is 0.820. The summed E-state index contributed by atoms with van der Waals surface area (Å²) >= 11 is 0. The second-order valence-corrected chi connectivity index (χ2v) is 6.58. The average molecular weight is 390 g/mol. The summed E-state index contributed by atoms with van der Waals surface area (Å²) in [6.07, 6.45) is 9.01. The minimum Gasteiger partial charge on any atom is -0.285 e. The van der Waals surface area contributed by atoms with E-state index < -0.39 is 0 Å². The zero-order chi connectivity index (χ0) is 21.5. The van der Waals surface area contributed by atoms with E-state index in [1.54, 1.807) is 18.5 Å². The zero-order valence-electron chi connectivity index (χ0n) is 18.0. The van der Waals surface area contributed by atoms with E-state index in [4.69, 9.17) is 0 Å². The van der Waals surface area contributed by atoms with Gasteiger partial charge < -0.3 is 0 Å². The number of pyridine rings is 1. The van der Waals surface area contributed by atoms with Gasteiger partial charge in [0.1, 0.15) is 0 Å².